The van der Waals surface area contributed by atoms with Crippen LogP contribution in [0.5, 0.6) is 11.5 Å². The summed E-state index contributed by atoms with van der Waals surface area (Å²) >= 11 is 0. The Bertz CT molecular complexity index is 517. The Morgan fingerprint density at radius 3 is 2.32 bits per heavy atom. The van der Waals surface area contributed by atoms with Crippen molar-refractivity contribution >= 4 is 0 Å². The number of benzene rings is 2. The van der Waals surface area contributed by atoms with Gasteiger partial charge in [0.25, 0.3) is 0 Å². The standard InChI is InChI=1S/C16H16O3/c17-12-4-7-16(13-8-10-14(18)11-9-13)19-15-5-2-1-3-6-15/h1-11,16-18H,12H2. The van der Waals surface area contributed by atoms with Crippen molar-refractivity contribution in [3.8, 4) is 11.5 Å². The van der Waals surface area contributed by atoms with E-state index >= 15 is 0 Å². The van der Waals surface area contributed by atoms with Gasteiger partial charge in [-0.2, -0.15) is 0 Å². The number of ether oxygens (including phenoxy) is 1. The number of aliphatic hydroxyl groups is 1. The predicted octanol–water partition coefficient (Wildman–Crippen LogP) is 3.06. The summed E-state index contributed by atoms with van der Waals surface area (Å²) in [5.74, 6) is 0.969. The molecular formula is C16H16O3. The second-order valence-corrected chi connectivity index (χ2v) is 4.05. The van der Waals surface area contributed by atoms with Crippen LogP contribution in [-0.2, 0) is 0 Å². The third-order valence-corrected chi connectivity index (χ3v) is 2.64. The lowest BCUT2D eigenvalue weighted by molar-refractivity contribution is 0.253. The average Bonchev–Trinajstić information content (AvgIpc) is 2.45. The van der Waals surface area contributed by atoms with Gasteiger partial charge in [0.05, 0.1) is 6.61 Å². The summed E-state index contributed by atoms with van der Waals surface area (Å²) in [6, 6.07) is 16.3. The van der Waals surface area contributed by atoms with E-state index < -0.39 is 0 Å². The van der Waals surface area contributed by atoms with E-state index in [1.54, 1.807) is 36.4 Å². The highest BCUT2D eigenvalue weighted by Gasteiger charge is 2.09. The summed E-state index contributed by atoms with van der Waals surface area (Å²) in [5.41, 5.74) is 0.909. The van der Waals surface area contributed by atoms with Gasteiger partial charge in [-0.15, -0.1) is 0 Å². The second kappa shape index (κ2) is 6.61. The van der Waals surface area contributed by atoms with Crippen LogP contribution in [0.3, 0.4) is 0 Å². The summed E-state index contributed by atoms with van der Waals surface area (Å²) < 4.78 is 5.86. The third kappa shape index (κ3) is 3.86. The zero-order valence-corrected chi connectivity index (χ0v) is 10.4. The van der Waals surface area contributed by atoms with Crippen LogP contribution < -0.4 is 4.74 Å². The number of para-hydroxylation sites is 1. The summed E-state index contributed by atoms with van der Waals surface area (Å²) in [6.07, 6.45) is 3.13. The zero-order valence-electron chi connectivity index (χ0n) is 10.4. The molecular weight excluding hydrogens is 240 g/mol. The molecule has 0 aliphatic rings. The molecule has 2 aromatic carbocycles. The molecule has 2 N–H and O–H groups in total. The SMILES string of the molecule is OCC=CC(Oc1ccccc1)c1ccc(O)cc1. The minimum Gasteiger partial charge on any atom is -0.508 e. The third-order valence-electron chi connectivity index (χ3n) is 2.64. The van der Waals surface area contributed by atoms with Gasteiger partial charge < -0.3 is 14.9 Å². The Balaban J connectivity index is 2.21. The van der Waals surface area contributed by atoms with Gasteiger partial charge in [0, 0.05) is 0 Å². The van der Waals surface area contributed by atoms with Crippen LogP contribution in [0.1, 0.15) is 11.7 Å². The molecule has 0 heterocycles. The van der Waals surface area contributed by atoms with Crippen molar-refractivity contribution in [2.24, 2.45) is 0 Å². The molecule has 0 saturated heterocycles. The van der Waals surface area contributed by atoms with Crippen LogP contribution in [-0.4, -0.2) is 16.8 Å². The minimum atomic E-state index is -0.296. The van der Waals surface area contributed by atoms with Crippen molar-refractivity contribution in [1.82, 2.24) is 0 Å². The van der Waals surface area contributed by atoms with Crippen LogP contribution in [0.2, 0.25) is 0 Å². The molecule has 19 heavy (non-hydrogen) atoms. The van der Waals surface area contributed by atoms with Crippen molar-refractivity contribution in [2.75, 3.05) is 6.61 Å². The molecule has 2 aromatic rings. The van der Waals surface area contributed by atoms with Gasteiger partial charge in [-0.1, -0.05) is 36.4 Å². The Kier molecular flexibility index (Phi) is 4.59. The number of hydrogen-bond donors (Lipinski definition) is 2. The van der Waals surface area contributed by atoms with E-state index in [-0.39, 0.29) is 18.5 Å². The molecule has 2 rings (SSSR count). The number of aromatic hydroxyl groups is 1. The summed E-state index contributed by atoms with van der Waals surface area (Å²) in [7, 11) is 0. The van der Waals surface area contributed by atoms with Gasteiger partial charge in [0.2, 0.25) is 0 Å². The number of aliphatic hydroxyl groups excluding tert-OH is 1. The summed E-state index contributed by atoms with van der Waals surface area (Å²) in [5, 5.41) is 18.2. The zero-order chi connectivity index (χ0) is 13.5. The Morgan fingerprint density at radius 2 is 1.68 bits per heavy atom. The minimum absolute atomic E-state index is 0.0350. The molecule has 0 aromatic heterocycles. The summed E-state index contributed by atoms with van der Waals surface area (Å²) in [6.45, 7) is -0.0350. The Labute approximate surface area is 112 Å². The number of rotatable bonds is 5. The second-order valence-electron chi connectivity index (χ2n) is 4.05. The fourth-order valence-electron chi connectivity index (χ4n) is 1.71. The van der Waals surface area contributed by atoms with E-state index in [2.05, 4.69) is 0 Å². The van der Waals surface area contributed by atoms with Gasteiger partial charge in [0.15, 0.2) is 0 Å². The van der Waals surface area contributed by atoms with Crippen molar-refractivity contribution in [3.63, 3.8) is 0 Å². The molecule has 1 atom stereocenters. The molecule has 0 fully saturated rings. The lowest BCUT2D eigenvalue weighted by Crippen LogP contribution is -2.04. The van der Waals surface area contributed by atoms with Crippen molar-refractivity contribution < 1.29 is 14.9 Å². The first kappa shape index (κ1) is 13.2. The monoisotopic (exact) mass is 256 g/mol. The van der Waals surface area contributed by atoms with Crippen LogP contribution in [0.25, 0.3) is 0 Å². The molecule has 3 nitrogen and oxygen atoms in total. The Morgan fingerprint density at radius 1 is 1.00 bits per heavy atom. The van der Waals surface area contributed by atoms with E-state index in [9.17, 15) is 5.11 Å². The van der Waals surface area contributed by atoms with Crippen molar-refractivity contribution in [1.29, 1.82) is 0 Å². The quantitative estimate of drug-likeness (QED) is 0.808. The van der Waals surface area contributed by atoms with Crippen molar-refractivity contribution in [3.05, 3.63) is 72.3 Å². The molecule has 0 spiro atoms. The molecule has 0 amide bonds. The van der Waals surface area contributed by atoms with Crippen molar-refractivity contribution in [2.45, 2.75) is 6.10 Å². The maximum atomic E-state index is 9.31. The lowest BCUT2D eigenvalue weighted by Gasteiger charge is -2.16. The van der Waals surface area contributed by atoms with Gasteiger partial charge in [-0.3, -0.25) is 0 Å². The van der Waals surface area contributed by atoms with E-state index in [4.69, 9.17) is 9.84 Å². The van der Waals surface area contributed by atoms with Gasteiger partial charge in [-0.25, -0.2) is 0 Å². The molecule has 0 saturated carbocycles. The first-order valence-corrected chi connectivity index (χ1v) is 6.08. The fourth-order valence-corrected chi connectivity index (χ4v) is 1.71. The highest BCUT2D eigenvalue weighted by atomic mass is 16.5. The highest BCUT2D eigenvalue weighted by molar-refractivity contribution is 5.31. The first-order valence-electron chi connectivity index (χ1n) is 6.08. The molecule has 0 aliphatic heterocycles. The Hall–Kier alpha value is -2.26. The lowest BCUT2D eigenvalue weighted by atomic mass is 10.1. The van der Waals surface area contributed by atoms with E-state index in [1.807, 2.05) is 30.3 Å². The molecule has 1 unspecified atom stereocenters. The largest absolute Gasteiger partial charge is 0.508 e. The number of phenols is 1. The van der Waals surface area contributed by atoms with Gasteiger partial charge >= 0.3 is 0 Å². The smallest absolute Gasteiger partial charge is 0.142 e. The fraction of sp³-hybridized carbons (Fsp3) is 0.125. The molecule has 0 bridgehead atoms. The van der Waals surface area contributed by atoms with Gasteiger partial charge in [-0.05, 0) is 35.9 Å². The average molecular weight is 256 g/mol. The molecule has 0 radical (unpaired) electrons. The van der Waals surface area contributed by atoms with E-state index in [1.165, 1.54) is 0 Å². The van der Waals surface area contributed by atoms with Crippen LogP contribution in [0.4, 0.5) is 0 Å². The van der Waals surface area contributed by atoms with Crippen LogP contribution in [0, 0.1) is 0 Å². The maximum Gasteiger partial charge on any atom is 0.142 e. The molecule has 3 heteroatoms. The first-order chi connectivity index (χ1) is 9.29. The van der Waals surface area contributed by atoms with Crippen LogP contribution >= 0.6 is 0 Å². The molecule has 0 aliphatic carbocycles. The highest BCUT2D eigenvalue weighted by Crippen LogP contribution is 2.24. The van der Waals surface area contributed by atoms with Gasteiger partial charge in [0.1, 0.15) is 17.6 Å². The number of phenolic OH excluding ortho intramolecular Hbond substituents is 1. The van der Waals surface area contributed by atoms with E-state index in [0.717, 1.165) is 11.3 Å². The van der Waals surface area contributed by atoms with Crippen LogP contribution in [0.15, 0.2) is 66.7 Å². The summed E-state index contributed by atoms with van der Waals surface area (Å²) in [4.78, 5) is 0. The topological polar surface area (TPSA) is 49.7 Å². The molecule has 98 valence electrons. The predicted molar refractivity (Wildman–Crippen MR) is 74.1 cm³/mol. The normalized spacial score (nSPS) is 12.5. The maximum absolute atomic E-state index is 9.31. The number of hydrogen-bond acceptors (Lipinski definition) is 3. The van der Waals surface area contributed by atoms with E-state index in [0.29, 0.717) is 0 Å².